The van der Waals surface area contributed by atoms with Crippen LogP contribution in [0.4, 0.5) is 0 Å². The molecule has 170 valence electrons. The van der Waals surface area contributed by atoms with Crippen molar-refractivity contribution in [1.82, 2.24) is 4.90 Å². The predicted octanol–water partition coefficient (Wildman–Crippen LogP) is 6.37. The van der Waals surface area contributed by atoms with Crippen molar-refractivity contribution in [3.63, 3.8) is 0 Å². The van der Waals surface area contributed by atoms with E-state index in [1.165, 1.54) is 50.4 Å². The average Bonchev–Trinajstić information content (AvgIpc) is 2.82. The van der Waals surface area contributed by atoms with E-state index in [-0.39, 0.29) is 0 Å². The lowest BCUT2D eigenvalue weighted by Gasteiger charge is -2.34. The van der Waals surface area contributed by atoms with E-state index in [4.69, 9.17) is 0 Å². The highest BCUT2D eigenvalue weighted by atomic mass is 16.5. The van der Waals surface area contributed by atoms with Gasteiger partial charge < -0.3 is 4.74 Å². The summed E-state index contributed by atoms with van der Waals surface area (Å²) in [6.07, 6.45) is 15.5. The second-order valence-corrected chi connectivity index (χ2v) is 7.19. The summed E-state index contributed by atoms with van der Waals surface area (Å²) >= 11 is 0. The maximum atomic E-state index is 9.45. The average molecular weight is 424 g/mol. The molecule has 0 N–H and O–H groups in total. The van der Waals surface area contributed by atoms with Crippen LogP contribution in [0.15, 0.2) is 66.8 Å². The third kappa shape index (κ3) is 15.1. The van der Waals surface area contributed by atoms with Gasteiger partial charge in [0.05, 0.1) is 0 Å². The molecule has 1 aliphatic rings. The summed E-state index contributed by atoms with van der Waals surface area (Å²) in [7, 11) is 1.53. The molecule has 0 aromatic heterocycles. The van der Waals surface area contributed by atoms with Crippen LogP contribution in [0.1, 0.15) is 58.4 Å². The Balaban J connectivity index is 0.000000852. The number of hydrogen-bond donors (Lipinski definition) is 0. The molecule has 31 heavy (non-hydrogen) atoms. The number of carbonyl (C=O) groups is 1. The molecule has 0 bridgehead atoms. The van der Waals surface area contributed by atoms with E-state index in [2.05, 4.69) is 77.5 Å². The molecule has 0 unspecified atom stereocenters. The van der Waals surface area contributed by atoms with Crippen molar-refractivity contribution < 1.29 is 9.53 Å². The highest BCUT2D eigenvalue weighted by Gasteiger charge is 2.21. The van der Waals surface area contributed by atoms with Gasteiger partial charge in [0.1, 0.15) is 6.61 Å². The Morgan fingerprint density at radius 1 is 1.16 bits per heavy atom. The van der Waals surface area contributed by atoms with Crippen LogP contribution in [-0.2, 0) is 16.1 Å². The first-order valence-electron chi connectivity index (χ1n) is 11.3. The molecule has 0 heterocycles. The molecule has 0 aliphatic heterocycles. The number of methoxy groups -OCH3 is 1. The van der Waals surface area contributed by atoms with E-state index in [1.54, 1.807) is 0 Å². The Kier molecular flexibility index (Phi) is 19.2. The maximum absolute atomic E-state index is 9.45. The lowest BCUT2D eigenvalue weighted by molar-refractivity contribution is -0.103. The standard InChI is InChI=1S/C21H29N.C5H6O2.C2H6/c1-3-4-7-12-19(2)17-22(21-15-10-6-11-16-21)18-20-13-8-5-9-14-20;1-7-5-3-2-4-6;1-2/h3-5,7-9,12-14,21H,1,6,10-11,15-18H2,2H3;4H,5H2,1H3;1-2H3/b7-4-,19-12+;;. The zero-order valence-electron chi connectivity index (χ0n) is 20.0. The van der Waals surface area contributed by atoms with Crippen molar-refractivity contribution >= 4 is 6.29 Å². The van der Waals surface area contributed by atoms with Gasteiger partial charge in [0.15, 0.2) is 6.29 Å². The number of carbonyl (C=O) groups excluding carboxylic acids is 1. The minimum Gasteiger partial charge on any atom is -0.372 e. The fraction of sp³-hybridized carbons (Fsp3) is 0.464. The molecule has 1 aliphatic carbocycles. The number of rotatable bonds is 8. The summed E-state index contributed by atoms with van der Waals surface area (Å²) in [5.74, 6) is 4.64. The first-order valence-corrected chi connectivity index (χ1v) is 11.3. The smallest absolute Gasteiger partial charge is 0.192 e. The van der Waals surface area contributed by atoms with Crippen LogP contribution in [0.5, 0.6) is 0 Å². The normalized spacial score (nSPS) is 13.9. The van der Waals surface area contributed by atoms with Crippen LogP contribution in [0.3, 0.4) is 0 Å². The Morgan fingerprint density at radius 2 is 1.84 bits per heavy atom. The first kappa shape index (κ1) is 28.6. The molecule has 3 nitrogen and oxygen atoms in total. The molecule has 0 atom stereocenters. The highest BCUT2D eigenvalue weighted by Crippen LogP contribution is 2.24. The summed E-state index contributed by atoms with van der Waals surface area (Å²) in [5.41, 5.74) is 2.84. The van der Waals surface area contributed by atoms with Crippen molar-refractivity contribution in [2.45, 2.75) is 65.5 Å². The predicted molar refractivity (Wildman–Crippen MR) is 134 cm³/mol. The van der Waals surface area contributed by atoms with Gasteiger partial charge >= 0.3 is 0 Å². The van der Waals surface area contributed by atoms with Gasteiger partial charge in [-0.25, -0.2) is 0 Å². The van der Waals surface area contributed by atoms with Crippen molar-refractivity contribution in [1.29, 1.82) is 0 Å². The maximum Gasteiger partial charge on any atom is 0.192 e. The van der Waals surface area contributed by atoms with E-state index < -0.39 is 0 Å². The van der Waals surface area contributed by atoms with Crippen LogP contribution in [0.2, 0.25) is 0 Å². The number of allylic oxidation sites excluding steroid dienone is 4. The molecular formula is C28H41NO2. The highest BCUT2D eigenvalue weighted by molar-refractivity contribution is 5.72. The monoisotopic (exact) mass is 423 g/mol. The molecule has 3 heteroatoms. The zero-order chi connectivity index (χ0) is 23.2. The molecule has 1 saturated carbocycles. The second-order valence-electron chi connectivity index (χ2n) is 7.19. The van der Waals surface area contributed by atoms with Gasteiger partial charge in [-0.05, 0) is 31.2 Å². The number of ether oxygens (including phenoxy) is 1. The lowest BCUT2D eigenvalue weighted by atomic mass is 9.93. The second kappa shape index (κ2) is 20.8. The van der Waals surface area contributed by atoms with Crippen molar-refractivity contribution in [2.24, 2.45) is 0 Å². The Morgan fingerprint density at radius 3 is 2.42 bits per heavy atom. The molecular weight excluding hydrogens is 382 g/mol. The minimum absolute atomic E-state index is 0.332. The van der Waals surface area contributed by atoms with Crippen molar-refractivity contribution in [3.8, 4) is 11.8 Å². The number of benzene rings is 1. The van der Waals surface area contributed by atoms with Gasteiger partial charge in [0.25, 0.3) is 0 Å². The third-order valence-corrected chi connectivity index (χ3v) is 4.78. The number of nitrogens with zero attached hydrogens (tertiary/aromatic N) is 1. The van der Waals surface area contributed by atoms with Crippen molar-refractivity contribution in [2.75, 3.05) is 20.3 Å². The largest absolute Gasteiger partial charge is 0.372 e. The summed E-state index contributed by atoms with van der Waals surface area (Å²) in [5, 5.41) is 0. The minimum atomic E-state index is 0.332. The molecule has 0 saturated heterocycles. The van der Waals surface area contributed by atoms with Crippen LogP contribution >= 0.6 is 0 Å². The summed E-state index contributed by atoms with van der Waals surface area (Å²) in [4.78, 5) is 12.1. The van der Waals surface area contributed by atoms with Crippen molar-refractivity contribution in [3.05, 3.63) is 72.4 Å². The quantitative estimate of drug-likeness (QED) is 0.276. The molecule has 0 amide bonds. The van der Waals surface area contributed by atoms with Gasteiger partial charge in [-0.1, -0.05) is 106 Å². The topological polar surface area (TPSA) is 29.5 Å². The molecule has 2 rings (SSSR count). The van der Waals surface area contributed by atoms with Gasteiger partial charge in [-0.2, -0.15) is 0 Å². The van der Waals surface area contributed by atoms with Crippen LogP contribution < -0.4 is 0 Å². The summed E-state index contributed by atoms with van der Waals surface area (Å²) in [6.45, 7) is 12.4. The van der Waals surface area contributed by atoms with E-state index in [0.29, 0.717) is 12.9 Å². The van der Waals surface area contributed by atoms with Gasteiger partial charge in [0, 0.05) is 26.2 Å². The van der Waals surface area contributed by atoms with Crippen LogP contribution in [-0.4, -0.2) is 37.5 Å². The van der Waals surface area contributed by atoms with Crippen LogP contribution in [0, 0.1) is 11.8 Å². The van der Waals surface area contributed by atoms with E-state index in [1.807, 2.05) is 26.0 Å². The zero-order valence-corrected chi connectivity index (χ0v) is 20.0. The number of aldehydes is 1. The van der Waals surface area contributed by atoms with Gasteiger partial charge in [0.2, 0.25) is 0 Å². The van der Waals surface area contributed by atoms with Gasteiger partial charge in [-0.3, -0.25) is 9.69 Å². The SMILES string of the molecule is C=C/C=C\C=C(/C)CN(Cc1ccccc1)C1CCCCC1.CC.COCC#CC=O. The summed E-state index contributed by atoms with van der Waals surface area (Å²) in [6, 6.07) is 11.6. The molecule has 1 aromatic rings. The molecule has 1 aromatic carbocycles. The van der Waals surface area contributed by atoms with E-state index in [9.17, 15) is 4.79 Å². The van der Waals surface area contributed by atoms with Crippen LogP contribution in [0.25, 0.3) is 0 Å². The van der Waals surface area contributed by atoms with E-state index >= 15 is 0 Å². The Hall–Kier alpha value is -2.41. The third-order valence-electron chi connectivity index (χ3n) is 4.78. The summed E-state index contributed by atoms with van der Waals surface area (Å²) < 4.78 is 4.51. The Labute approximate surface area is 190 Å². The molecule has 0 radical (unpaired) electrons. The lowest BCUT2D eigenvalue weighted by Crippen LogP contribution is -2.37. The number of hydrogen-bond acceptors (Lipinski definition) is 3. The Bertz CT molecular complexity index is 689. The molecule has 1 fully saturated rings. The van der Waals surface area contributed by atoms with E-state index in [0.717, 1.165) is 19.1 Å². The van der Waals surface area contributed by atoms with Gasteiger partial charge in [-0.15, -0.1) is 0 Å². The fourth-order valence-corrected chi connectivity index (χ4v) is 3.41. The first-order chi connectivity index (χ1) is 15.2. The fourth-order valence-electron chi connectivity index (χ4n) is 3.41. The molecule has 0 spiro atoms.